The minimum atomic E-state index is -1.58. The van der Waals surface area contributed by atoms with Crippen LogP contribution in [0.15, 0.2) is 35.0 Å². The van der Waals surface area contributed by atoms with Crippen molar-refractivity contribution < 1.29 is 34.5 Å². The molecular weight excluding hydrogens is 400 g/mol. The number of carboxylic acids is 2. The number of β-lactam (4-membered cyclic amide) rings is 1. The maximum Gasteiger partial charge on any atom is 0.353 e. The molecule has 2 aliphatic rings. The summed E-state index contributed by atoms with van der Waals surface area (Å²) in [4.78, 5) is 48.6. The number of hydrogen-bond acceptors (Lipinski definition) is 6. The summed E-state index contributed by atoms with van der Waals surface area (Å²) in [5.74, 6) is -5.88. The lowest BCUT2D eigenvalue weighted by Crippen LogP contribution is -2.70. The zero-order chi connectivity index (χ0) is 19.9. The van der Waals surface area contributed by atoms with Crippen molar-refractivity contribution in [2.45, 2.75) is 17.3 Å². The van der Waals surface area contributed by atoms with Crippen molar-refractivity contribution in [3.05, 3.63) is 40.6 Å². The number of nitrogens with one attached hydrogen (secondary N) is 1. The molecule has 2 aliphatic heterocycles. The zero-order valence-electron chi connectivity index (χ0n) is 13.5. The lowest BCUT2D eigenvalue weighted by Gasteiger charge is -2.48. The maximum absolute atomic E-state index is 12.5. The van der Waals surface area contributed by atoms with Crippen molar-refractivity contribution in [3.63, 3.8) is 0 Å². The molecule has 2 heterocycles. The lowest BCUT2D eigenvalue weighted by atomic mass is 9.96. The topological polar surface area (TPSA) is 144 Å². The maximum atomic E-state index is 12.5. The summed E-state index contributed by atoms with van der Waals surface area (Å²) in [7, 11) is 0. The molecule has 4 N–H and O–H groups in total. The van der Waals surface area contributed by atoms with E-state index in [-0.39, 0.29) is 27.8 Å². The third kappa shape index (κ3) is 3.33. The summed E-state index contributed by atoms with van der Waals surface area (Å²) in [6.45, 7) is 0. The first-order valence-corrected chi connectivity index (χ1v) is 9.03. The van der Waals surface area contributed by atoms with Crippen molar-refractivity contribution >= 4 is 47.1 Å². The second kappa shape index (κ2) is 7.12. The third-order valence-electron chi connectivity index (χ3n) is 4.16. The molecule has 1 saturated heterocycles. The van der Waals surface area contributed by atoms with Gasteiger partial charge in [-0.05, 0) is 17.7 Å². The number of hydrogen-bond donors (Lipinski definition) is 4. The van der Waals surface area contributed by atoms with E-state index in [1.165, 1.54) is 36.0 Å². The Morgan fingerprint density at radius 3 is 2.41 bits per heavy atom. The highest BCUT2D eigenvalue weighted by atomic mass is 35.5. The highest BCUT2D eigenvalue weighted by Crippen LogP contribution is 2.41. The van der Waals surface area contributed by atoms with Crippen molar-refractivity contribution in [2.75, 3.05) is 5.75 Å². The monoisotopic (exact) mass is 412 g/mol. The molecule has 2 amide bonds. The average Bonchev–Trinajstić information content (AvgIpc) is 2.60. The van der Waals surface area contributed by atoms with Crippen LogP contribution in [0.25, 0.3) is 0 Å². The Hall–Kier alpha value is -2.72. The summed E-state index contributed by atoms with van der Waals surface area (Å²) >= 11 is 7.04. The fourth-order valence-electron chi connectivity index (χ4n) is 2.89. The van der Waals surface area contributed by atoms with Crippen molar-refractivity contribution in [1.29, 1.82) is 0 Å². The van der Waals surface area contributed by atoms with Gasteiger partial charge in [0.15, 0.2) is 5.92 Å². The van der Waals surface area contributed by atoms with Gasteiger partial charge in [-0.1, -0.05) is 23.7 Å². The number of carbonyl (C=O) groups excluding carboxylic acids is 2. The largest absolute Gasteiger partial charge is 0.508 e. The van der Waals surface area contributed by atoms with Gasteiger partial charge >= 0.3 is 11.9 Å². The Balaban J connectivity index is 1.78. The van der Waals surface area contributed by atoms with Gasteiger partial charge in [0, 0.05) is 5.75 Å². The Labute approximate surface area is 161 Å². The molecule has 27 heavy (non-hydrogen) atoms. The molecule has 1 aromatic carbocycles. The standard InChI is InChI=1S/C16H13ClN2O7S/c17-8-5-27-14-10(13(22)19(14)11(8)16(25)26)18-12(21)9(15(23)24)6-1-3-7(20)4-2-6/h1-4,9-10,14,20H,5H2,(H,18,21)(H,23,24)(H,25,26)/t9?,10?,14-/m0/s1. The van der Waals surface area contributed by atoms with Gasteiger partial charge in [-0.15, -0.1) is 11.8 Å². The fraction of sp³-hybridized carbons (Fsp3) is 0.250. The van der Waals surface area contributed by atoms with E-state index in [1.807, 2.05) is 0 Å². The molecule has 0 saturated carbocycles. The van der Waals surface area contributed by atoms with Crippen LogP contribution in [0.5, 0.6) is 5.75 Å². The summed E-state index contributed by atoms with van der Waals surface area (Å²) in [6, 6.07) is 4.03. The molecule has 3 rings (SSSR count). The SMILES string of the molecule is O=C(O)C1=C(Cl)CS[C@H]2C(NC(=O)C(C(=O)O)c3ccc(O)cc3)C(=O)N12. The molecule has 142 valence electrons. The van der Waals surface area contributed by atoms with Gasteiger partial charge in [0.05, 0.1) is 5.03 Å². The molecule has 0 spiro atoms. The molecule has 0 aliphatic carbocycles. The van der Waals surface area contributed by atoms with E-state index in [4.69, 9.17) is 11.6 Å². The van der Waals surface area contributed by atoms with E-state index in [1.54, 1.807) is 0 Å². The van der Waals surface area contributed by atoms with Crippen LogP contribution in [0.2, 0.25) is 0 Å². The van der Waals surface area contributed by atoms with E-state index < -0.39 is 41.1 Å². The summed E-state index contributed by atoms with van der Waals surface area (Å²) in [5.41, 5.74) is -0.198. The van der Waals surface area contributed by atoms with Crippen LogP contribution in [0.4, 0.5) is 0 Å². The minimum Gasteiger partial charge on any atom is -0.508 e. The lowest BCUT2D eigenvalue weighted by molar-refractivity contribution is -0.152. The van der Waals surface area contributed by atoms with E-state index in [0.29, 0.717) is 0 Å². The second-order valence-corrected chi connectivity index (χ2v) is 7.38. The molecule has 0 radical (unpaired) electrons. The third-order valence-corrected chi connectivity index (χ3v) is 5.91. The normalized spacial score (nSPS) is 22.6. The highest BCUT2D eigenvalue weighted by Gasteiger charge is 2.54. The van der Waals surface area contributed by atoms with E-state index in [2.05, 4.69) is 5.32 Å². The first-order valence-electron chi connectivity index (χ1n) is 7.61. The van der Waals surface area contributed by atoms with Crippen LogP contribution < -0.4 is 5.32 Å². The number of aliphatic carboxylic acids is 2. The fourth-order valence-corrected chi connectivity index (χ4v) is 4.44. The van der Waals surface area contributed by atoms with Crippen LogP contribution in [0.1, 0.15) is 11.5 Å². The van der Waals surface area contributed by atoms with E-state index in [9.17, 15) is 34.5 Å². The van der Waals surface area contributed by atoms with Crippen LogP contribution in [0.3, 0.4) is 0 Å². The highest BCUT2D eigenvalue weighted by molar-refractivity contribution is 8.00. The summed E-state index contributed by atoms with van der Waals surface area (Å²) in [5, 5.41) is 29.6. The molecular formula is C16H13ClN2O7S. The number of phenolic OH excluding ortho intramolecular Hbond substituents is 1. The van der Waals surface area contributed by atoms with Crippen LogP contribution in [-0.4, -0.2) is 61.1 Å². The van der Waals surface area contributed by atoms with Crippen molar-refractivity contribution in [2.24, 2.45) is 0 Å². The van der Waals surface area contributed by atoms with Crippen molar-refractivity contribution in [1.82, 2.24) is 10.2 Å². The van der Waals surface area contributed by atoms with Crippen LogP contribution in [0, 0.1) is 0 Å². The molecule has 9 nitrogen and oxygen atoms in total. The van der Waals surface area contributed by atoms with E-state index >= 15 is 0 Å². The predicted molar refractivity (Wildman–Crippen MR) is 94.0 cm³/mol. The molecule has 1 aromatic rings. The van der Waals surface area contributed by atoms with Gasteiger partial charge in [0.1, 0.15) is 22.9 Å². The molecule has 1 fully saturated rings. The first kappa shape index (κ1) is 19.1. The van der Waals surface area contributed by atoms with Gasteiger partial charge < -0.3 is 20.6 Å². The Bertz CT molecular complexity index is 870. The molecule has 0 bridgehead atoms. The van der Waals surface area contributed by atoms with Gasteiger partial charge in [-0.3, -0.25) is 19.3 Å². The Morgan fingerprint density at radius 2 is 1.85 bits per heavy atom. The Kier molecular flexibility index (Phi) is 5.03. The minimum absolute atomic E-state index is 0.0226. The smallest absolute Gasteiger partial charge is 0.353 e. The number of nitrogens with zero attached hydrogens (tertiary/aromatic N) is 1. The molecule has 3 atom stereocenters. The van der Waals surface area contributed by atoms with Gasteiger partial charge in [0.25, 0.3) is 5.91 Å². The van der Waals surface area contributed by atoms with E-state index in [0.717, 1.165) is 4.90 Å². The second-order valence-electron chi connectivity index (χ2n) is 5.82. The number of carbonyl (C=O) groups is 4. The number of thioether (sulfide) groups is 1. The summed E-state index contributed by atoms with van der Waals surface area (Å²) in [6.07, 6.45) is 0. The number of rotatable bonds is 5. The number of carboxylic acid groups (broad SMARTS) is 2. The number of aromatic hydroxyl groups is 1. The first-order chi connectivity index (χ1) is 12.7. The van der Waals surface area contributed by atoms with Gasteiger partial charge in [0.2, 0.25) is 5.91 Å². The predicted octanol–water partition coefficient (Wildman–Crippen LogP) is 0.495. The number of benzene rings is 1. The molecule has 11 heteroatoms. The number of amides is 2. The number of phenols is 1. The zero-order valence-corrected chi connectivity index (χ0v) is 15.0. The quantitative estimate of drug-likeness (QED) is 0.404. The molecule has 0 aromatic heterocycles. The van der Waals surface area contributed by atoms with Crippen LogP contribution >= 0.6 is 23.4 Å². The van der Waals surface area contributed by atoms with Crippen LogP contribution in [-0.2, 0) is 19.2 Å². The number of fused-ring (bicyclic) bond motifs is 1. The average molecular weight is 413 g/mol. The van der Waals surface area contributed by atoms with Crippen molar-refractivity contribution in [3.8, 4) is 5.75 Å². The number of halogens is 1. The van der Waals surface area contributed by atoms with Gasteiger partial charge in [-0.2, -0.15) is 0 Å². The summed E-state index contributed by atoms with van der Waals surface area (Å²) < 4.78 is 0. The molecule has 2 unspecified atom stereocenters. The Morgan fingerprint density at radius 1 is 1.22 bits per heavy atom. The van der Waals surface area contributed by atoms with Gasteiger partial charge in [-0.25, -0.2) is 4.79 Å².